The normalized spacial score (nSPS) is 26.0. The van der Waals surface area contributed by atoms with Crippen LogP contribution in [0.5, 0.6) is 0 Å². The average molecular weight is 489 g/mol. The molecular formula is C25H33FN4O3S. The number of halogens is 1. The summed E-state index contributed by atoms with van der Waals surface area (Å²) in [6.45, 7) is 7.01. The minimum Gasteiger partial charge on any atom is -0.381 e. The minimum absolute atomic E-state index is 0.111. The SMILES string of the molecule is Cc1ccc(F)cc1-c1cc(S(C)(=O)=O)c(NC2CC3CN(CC4CCOCC4)CC3C2)nn1. The lowest BCUT2D eigenvalue weighted by molar-refractivity contribution is 0.0545. The summed E-state index contributed by atoms with van der Waals surface area (Å²) in [5, 5.41) is 11.9. The first-order valence-electron chi connectivity index (χ1n) is 12.2. The Hall–Kier alpha value is -2.10. The van der Waals surface area contributed by atoms with Gasteiger partial charge in [-0.05, 0) is 74.1 Å². The van der Waals surface area contributed by atoms with Crippen LogP contribution in [0.4, 0.5) is 10.2 Å². The number of benzene rings is 1. The zero-order valence-corrected chi connectivity index (χ0v) is 20.7. The monoisotopic (exact) mass is 488 g/mol. The average Bonchev–Trinajstić information content (AvgIpc) is 3.33. The van der Waals surface area contributed by atoms with E-state index < -0.39 is 15.7 Å². The molecule has 0 spiro atoms. The van der Waals surface area contributed by atoms with Crippen LogP contribution in [0.15, 0.2) is 29.2 Å². The van der Waals surface area contributed by atoms with Gasteiger partial charge in [0.15, 0.2) is 15.7 Å². The molecule has 0 radical (unpaired) electrons. The molecule has 7 nitrogen and oxygen atoms in total. The number of aromatic nitrogens is 2. The Morgan fingerprint density at radius 3 is 2.50 bits per heavy atom. The number of hydrogen-bond acceptors (Lipinski definition) is 7. The van der Waals surface area contributed by atoms with Crippen LogP contribution in [-0.2, 0) is 14.6 Å². The molecule has 3 fully saturated rings. The molecule has 0 bridgehead atoms. The Morgan fingerprint density at radius 2 is 1.82 bits per heavy atom. The van der Waals surface area contributed by atoms with Crippen molar-refractivity contribution in [1.29, 1.82) is 0 Å². The van der Waals surface area contributed by atoms with E-state index in [1.807, 2.05) is 6.92 Å². The van der Waals surface area contributed by atoms with Gasteiger partial charge in [-0.25, -0.2) is 12.8 Å². The van der Waals surface area contributed by atoms with Gasteiger partial charge in [0.2, 0.25) is 0 Å². The highest BCUT2D eigenvalue weighted by atomic mass is 32.2. The molecule has 2 atom stereocenters. The molecule has 184 valence electrons. The van der Waals surface area contributed by atoms with E-state index in [1.54, 1.807) is 6.07 Å². The van der Waals surface area contributed by atoms with Crippen LogP contribution in [0.3, 0.4) is 0 Å². The third kappa shape index (κ3) is 5.11. The summed E-state index contributed by atoms with van der Waals surface area (Å²) in [6, 6.07) is 6.08. The highest BCUT2D eigenvalue weighted by Crippen LogP contribution is 2.40. The summed E-state index contributed by atoms with van der Waals surface area (Å²) in [5.41, 5.74) is 1.71. The summed E-state index contributed by atoms with van der Waals surface area (Å²) >= 11 is 0. The van der Waals surface area contributed by atoms with Crippen LogP contribution < -0.4 is 5.32 Å². The fourth-order valence-electron chi connectivity index (χ4n) is 5.91. The van der Waals surface area contributed by atoms with Crippen LogP contribution >= 0.6 is 0 Å². The van der Waals surface area contributed by atoms with E-state index >= 15 is 0 Å². The van der Waals surface area contributed by atoms with Gasteiger partial charge < -0.3 is 15.0 Å². The van der Waals surface area contributed by atoms with Crippen molar-refractivity contribution < 1.29 is 17.5 Å². The number of aryl methyl sites for hydroxylation is 1. The van der Waals surface area contributed by atoms with Crippen molar-refractivity contribution in [2.45, 2.75) is 43.5 Å². The summed E-state index contributed by atoms with van der Waals surface area (Å²) in [7, 11) is -3.55. The minimum atomic E-state index is -3.55. The fraction of sp³-hybridized carbons (Fsp3) is 0.600. The third-order valence-corrected chi connectivity index (χ3v) is 8.77. The number of sulfone groups is 1. The molecule has 34 heavy (non-hydrogen) atoms. The van der Waals surface area contributed by atoms with Gasteiger partial charge in [-0.15, -0.1) is 10.2 Å². The Morgan fingerprint density at radius 1 is 1.12 bits per heavy atom. The van der Waals surface area contributed by atoms with Gasteiger partial charge in [-0.3, -0.25) is 0 Å². The summed E-state index contributed by atoms with van der Waals surface area (Å²) in [5.74, 6) is 1.90. The number of nitrogens with one attached hydrogen (secondary N) is 1. The highest BCUT2D eigenvalue weighted by molar-refractivity contribution is 7.90. The number of likely N-dealkylation sites (tertiary alicyclic amines) is 1. The zero-order valence-electron chi connectivity index (χ0n) is 19.8. The molecule has 2 aromatic rings. The zero-order chi connectivity index (χ0) is 23.9. The van der Waals surface area contributed by atoms with E-state index in [1.165, 1.54) is 31.0 Å². The Bertz CT molecular complexity index is 1140. The number of anilines is 1. The van der Waals surface area contributed by atoms with Crippen molar-refractivity contribution in [1.82, 2.24) is 15.1 Å². The van der Waals surface area contributed by atoms with Crippen LogP contribution in [0.2, 0.25) is 0 Å². The quantitative estimate of drug-likeness (QED) is 0.666. The molecule has 1 aliphatic carbocycles. The lowest BCUT2D eigenvalue weighted by Gasteiger charge is -2.27. The first-order chi connectivity index (χ1) is 16.3. The largest absolute Gasteiger partial charge is 0.381 e. The Kier molecular flexibility index (Phi) is 6.61. The maximum atomic E-state index is 13.8. The summed E-state index contributed by atoms with van der Waals surface area (Å²) in [4.78, 5) is 2.72. The molecule has 2 saturated heterocycles. The van der Waals surface area contributed by atoms with Crippen LogP contribution in [-0.4, -0.2) is 68.7 Å². The van der Waals surface area contributed by atoms with Crippen molar-refractivity contribution in [2.75, 3.05) is 44.4 Å². The van der Waals surface area contributed by atoms with Crippen molar-refractivity contribution in [3.63, 3.8) is 0 Å². The molecule has 1 N–H and O–H groups in total. The molecule has 2 aliphatic heterocycles. The predicted molar refractivity (Wildman–Crippen MR) is 129 cm³/mol. The second-order valence-electron chi connectivity index (χ2n) is 10.3. The van der Waals surface area contributed by atoms with E-state index in [0.29, 0.717) is 28.9 Å². The lowest BCUT2D eigenvalue weighted by atomic mass is 10.00. The second kappa shape index (κ2) is 9.51. The van der Waals surface area contributed by atoms with Crippen molar-refractivity contribution in [3.05, 3.63) is 35.6 Å². The van der Waals surface area contributed by atoms with E-state index in [9.17, 15) is 12.8 Å². The van der Waals surface area contributed by atoms with Crippen molar-refractivity contribution in [2.24, 2.45) is 17.8 Å². The van der Waals surface area contributed by atoms with E-state index in [4.69, 9.17) is 4.74 Å². The van der Waals surface area contributed by atoms with Gasteiger partial charge in [0, 0.05) is 50.7 Å². The van der Waals surface area contributed by atoms with E-state index in [2.05, 4.69) is 20.4 Å². The van der Waals surface area contributed by atoms with Gasteiger partial charge in [0.1, 0.15) is 10.7 Å². The van der Waals surface area contributed by atoms with E-state index in [-0.39, 0.29) is 10.9 Å². The Labute approximate surface area is 201 Å². The van der Waals surface area contributed by atoms with Crippen molar-refractivity contribution in [3.8, 4) is 11.3 Å². The topological polar surface area (TPSA) is 84.4 Å². The van der Waals surface area contributed by atoms with Crippen molar-refractivity contribution >= 4 is 15.7 Å². The maximum absolute atomic E-state index is 13.8. The molecule has 9 heteroatoms. The van der Waals surface area contributed by atoms with Crippen LogP contribution in [0.25, 0.3) is 11.3 Å². The van der Waals surface area contributed by atoms with Crippen LogP contribution in [0.1, 0.15) is 31.2 Å². The van der Waals surface area contributed by atoms with Crippen LogP contribution in [0, 0.1) is 30.5 Å². The highest BCUT2D eigenvalue weighted by Gasteiger charge is 2.41. The lowest BCUT2D eigenvalue weighted by Crippen LogP contribution is -2.32. The number of rotatable bonds is 6. The van der Waals surface area contributed by atoms with Gasteiger partial charge in [-0.1, -0.05) is 6.07 Å². The fourth-order valence-corrected chi connectivity index (χ4v) is 6.69. The van der Waals surface area contributed by atoms with Gasteiger partial charge in [-0.2, -0.15) is 0 Å². The number of hydrogen-bond donors (Lipinski definition) is 1. The first kappa shape index (κ1) is 23.6. The Balaban J connectivity index is 1.27. The maximum Gasteiger partial charge on any atom is 0.179 e. The predicted octanol–water partition coefficient (Wildman–Crippen LogP) is 3.54. The summed E-state index contributed by atoms with van der Waals surface area (Å²) < 4.78 is 44.5. The second-order valence-corrected chi connectivity index (χ2v) is 12.3. The molecule has 3 aliphatic rings. The summed E-state index contributed by atoms with van der Waals surface area (Å²) in [6.07, 6.45) is 5.51. The molecule has 3 heterocycles. The standard InChI is InChI=1S/C25H33FN4O3S/c1-16-3-4-20(26)11-22(16)23-12-24(34(2,31)32)25(29-28-23)27-21-9-18-14-30(15-19(18)10-21)13-17-5-7-33-8-6-17/h3-4,11-12,17-19,21H,5-10,13-15H2,1-2H3,(H,27,29). The number of fused-ring (bicyclic) bond motifs is 1. The molecule has 5 rings (SSSR count). The van der Waals surface area contributed by atoms with E-state index in [0.717, 1.165) is 63.5 Å². The number of nitrogens with zero attached hydrogens (tertiary/aromatic N) is 3. The molecule has 2 unspecified atom stereocenters. The molecule has 1 aromatic carbocycles. The van der Waals surface area contributed by atoms with Gasteiger partial charge >= 0.3 is 0 Å². The third-order valence-electron chi connectivity index (χ3n) is 7.66. The van der Waals surface area contributed by atoms with Gasteiger partial charge in [0.25, 0.3) is 0 Å². The number of ether oxygens (including phenoxy) is 1. The molecule has 1 saturated carbocycles. The molecule has 0 amide bonds. The molecule has 1 aromatic heterocycles. The smallest absolute Gasteiger partial charge is 0.179 e. The molecular weight excluding hydrogens is 455 g/mol. The first-order valence-corrected chi connectivity index (χ1v) is 14.1. The van der Waals surface area contributed by atoms with Gasteiger partial charge in [0.05, 0.1) is 5.69 Å².